The zero-order valence-corrected chi connectivity index (χ0v) is 14.5. The number of aryl methyl sites for hydroxylation is 1. The molecule has 6 nitrogen and oxygen atoms in total. The summed E-state index contributed by atoms with van der Waals surface area (Å²) in [4.78, 5) is 4.60. The van der Waals surface area contributed by atoms with Crippen LogP contribution in [0.1, 0.15) is 26.3 Å². The first-order valence-electron chi connectivity index (χ1n) is 7.46. The van der Waals surface area contributed by atoms with E-state index in [9.17, 15) is 8.42 Å². The van der Waals surface area contributed by atoms with E-state index in [1.807, 2.05) is 27.7 Å². The van der Waals surface area contributed by atoms with Crippen molar-refractivity contribution in [1.29, 1.82) is 0 Å². The highest BCUT2D eigenvalue weighted by atomic mass is 32.2. The molecule has 0 atom stereocenters. The summed E-state index contributed by atoms with van der Waals surface area (Å²) in [6.45, 7) is 9.33. The Morgan fingerprint density at radius 3 is 2.41 bits per heavy atom. The number of sulfonamides is 1. The molecule has 124 valence electrons. The number of benzene rings is 1. The Morgan fingerprint density at radius 1 is 1.23 bits per heavy atom. The van der Waals surface area contributed by atoms with E-state index in [0.717, 1.165) is 12.1 Å². The van der Waals surface area contributed by atoms with Gasteiger partial charge in [-0.1, -0.05) is 17.7 Å². The molecule has 0 radical (unpaired) electrons. The minimum Gasteiger partial charge on any atom is -0.357 e. The van der Waals surface area contributed by atoms with Gasteiger partial charge in [-0.3, -0.25) is 4.99 Å². The van der Waals surface area contributed by atoms with Crippen molar-refractivity contribution in [3.8, 4) is 0 Å². The van der Waals surface area contributed by atoms with Gasteiger partial charge in [-0.05, 0) is 39.8 Å². The predicted octanol–water partition coefficient (Wildman–Crippen LogP) is 1.24. The van der Waals surface area contributed by atoms with Crippen LogP contribution in [-0.4, -0.2) is 40.1 Å². The molecular weight excluding hydrogens is 300 g/mol. The van der Waals surface area contributed by atoms with Crippen LogP contribution in [0.3, 0.4) is 0 Å². The van der Waals surface area contributed by atoms with Gasteiger partial charge >= 0.3 is 0 Å². The van der Waals surface area contributed by atoms with Crippen molar-refractivity contribution < 1.29 is 8.42 Å². The zero-order valence-electron chi connectivity index (χ0n) is 13.7. The topological polar surface area (TPSA) is 82.6 Å². The summed E-state index contributed by atoms with van der Waals surface area (Å²) in [5.74, 6) is 0.687. The van der Waals surface area contributed by atoms with E-state index in [-0.39, 0.29) is 17.5 Å². The number of guanidine groups is 1. The molecule has 0 saturated heterocycles. The van der Waals surface area contributed by atoms with E-state index in [4.69, 9.17) is 0 Å². The van der Waals surface area contributed by atoms with Gasteiger partial charge in [0.15, 0.2) is 5.96 Å². The number of hydrogen-bond donors (Lipinski definition) is 3. The smallest absolute Gasteiger partial charge is 0.240 e. The Bertz CT molecular complexity index is 580. The van der Waals surface area contributed by atoms with Crippen molar-refractivity contribution in [1.82, 2.24) is 15.4 Å². The second-order valence-electron chi connectivity index (χ2n) is 5.27. The van der Waals surface area contributed by atoms with Crippen LogP contribution in [0.25, 0.3) is 0 Å². The average Bonchev–Trinajstić information content (AvgIpc) is 2.43. The van der Waals surface area contributed by atoms with Crippen LogP contribution in [0.5, 0.6) is 0 Å². The molecule has 0 fully saturated rings. The molecule has 0 amide bonds. The standard InChI is InChI=1S/C15H26N4O2S/c1-5-16-15(19-12(2)3)17-10-11-18-22(20,21)14-8-6-13(4)7-9-14/h6-9,12,18H,5,10-11H2,1-4H3,(H2,16,17,19). The highest BCUT2D eigenvalue weighted by Crippen LogP contribution is 2.09. The van der Waals surface area contributed by atoms with E-state index in [2.05, 4.69) is 20.3 Å². The summed E-state index contributed by atoms with van der Waals surface area (Å²) in [6, 6.07) is 7.03. The Hall–Kier alpha value is -1.60. The summed E-state index contributed by atoms with van der Waals surface area (Å²) < 4.78 is 26.8. The van der Waals surface area contributed by atoms with Crippen molar-refractivity contribution >= 4 is 16.0 Å². The molecule has 22 heavy (non-hydrogen) atoms. The van der Waals surface area contributed by atoms with Crippen molar-refractivity contribution in [2.45, 2.75) is 38.6 Å². The van der Waals surface area contributed by atoms with Gasteiger partial charge in [0, 0.05) is 19.1 Å². The highest BCUT2D eigenvalue weighted by molar-refractivity contribution is 7.89. The molecule has 1 aromatic carbocycles. The second-order valence-corrected chi connectivity index (χ2v) is 7.04. The molecule has 1 rings (SSSR count). The van der Waals surface area contributed by atoms with Gasteiger partial charge in [0.25, 0.3) is 0 Å². The molecule has 0 aromatic heterocycles. The normalized spacial score (nSPS) is 12.5. The van der Waals surface area contributed by atoms with Crippen molar-refractivity contribution in [2.24, 2.45) is 4.99 Å². The zero-order chi connectivity index (χ0) is 16.6. The maximum Gasteiger partial charge on any atom is 0.240 e. The monoisotopic (exact) mass is 326 g/mol. The largest absolute Gasteiger partial charge is 0.357 e. The summed E-state index contributed by atoms with van der Waals surface area (Å²) in [6.07, 6.45) is 0. The van der Waals surface area contributed by atoms with Crippen LogP contribution >= 0.6 is 0 Å². The molecule has 0 heterocycles. The van der Waals surface area contributed by atoms with E-state index in [0.29, 0.717) is 12.5 Å². The lowest BCUT2D eigenvalue weighted by Gasteiger charge is -2.14. The van der Waals surface area contributed by atoms with Crippen LogP contribution in [-0.2, 0) is 10.0 Å². The maximum atomic E-state index is 12.1. The first kappa shape index (κ1) is 18.4. The molecule has 0 aliphatic heterocycles. The number of nitrogens with zero attached hydrogens (tertiary/aromatic N) is 1. The Labute approximate surface area is 133 Å². The maximum absolute atomic E-state index is 12.1. The summed E-state index contributed by atoms with van der Waals surface area (Å²) >= 11 is 0. The average molecular weight is 326 g/mol. The third-order valence-electron chi connectivity index (χ3n) is 2.77. The van der Waals surface area contributed by atoms with Crippen LogP contribution < -0.4 is 15.4 Å². The van der Waals surface area contributed by atoms with Gasteiger partial charge in [-0.25, -0.2) is 13.1 Å². The van der Waals surface area contributed by atoms with Crippen molar-refractivity contribution in [3.63, 3.8) is 0 Å². The molecule has 1 aromatic rings. The van der Waals surface area contributed by atoms with Crippen LogP contribution in [0.15, 0.2) is 34.2 Å². The van der Waals surface area contributed by atoms with E-state index in [1.165, 1.54) is 0 Å². The SMILES string of the molecule is CCNC(=NCCNS(=O)(=O)c1ccc(C)cc1)NC(C)C. The molecule has 0 aliphatic carbocycles. The van der Waals surface area contributed by atoms with Crippen LogP contribution in [0.2, 0.25) is 0 Å². The number of rotatable bonds is 7. The van der Waals surface area contributed by atoms with Gasteiger partial charge in [-0.2, -0.15) is 0 Å². The summed E-state index contributed by atoms with van der Waals surface area (Å²) in [5, 5.41) is 6.29. The fourth-order valence-electron chi connectivity index (χ4n) is 1.74. The molecule has 0 bridgehead atoms. The third-order valence-corrected chi connectivity index (χ3v) is 4.25. The third kappa shape index (κ3) is 6.44. The predicted molar refractivity (Wildman–Crippen MR) is 90.6 cm³/mol. The fourth-order valence-corrected chi connectivity index (χ4v) is 2.76. The number of aliphatic imine (C=N–C) groups is 1. The molecular formula is C15H26N4O2S. The van der Waals surface area contributed by atoms with Gasteiger partial charge in [0.05, 0.1) is 11.4 Å². The molecule has 0 unspecified atom stereocenters. The van der Waals surface area contributed by atoms with Gasteiger partial charge < -0.3 is 10.6 Å². The summed E-state index contributed by atoms with van der Waals surface area (Å²) in [7, 11) is -3.47. The van der Waals surface area contributed by atoms with Crippen LogP contribution in [0.4, 0.5) is 0 Å². The Balaban J connectivity index is 2.56. The summed E-state index contributed by atoms with van der Waals surface area (Å²) in [5.41, 5.74) is 1.03. The van der Waals surface area contributed by atoms with E-state index >= 15 is 0 Å². The lowest BCUT2D eigenvalue weighted by molar-refractivity contribution is 0.582. The van der Waals surface area contributed by atoms with E-state index in [1.54, 1.807) is 24.3 Å². The number of nitrogens with one attached hydrogen (secondary N) is 3. The Kier molecular flexibility index (Phi) is 7.34. The minimum atomic E-state index is -3.47. The van der Waals surface area contributed by atoms with Crippen LogP contribution in [0, 0.1) is 6.92 Å². The molecule has 0 aliphatic rings. The first-order chi connectivity index (χ1) is 10.3. The Morgan fingerprint density at radius 2 is 1.86 bits per heavy atom. The fraction of sp³-hybridized carbons (Fsp3) is 0.533. The lowest BCUT2D eigenvalue weighted by atomic mass is 10.2. The molecule has 7 heteroatoms. The minimum absolute atomic E-state index is 0.255. The van der Waals surface area contributed by atoms with Crippen molar-refractivity contribution in [3.05, 3.63) is 29.8 Å². The van der Waals surface area contributed by atoms with Gasteiger partial charge in [0.1, 0.15) is 0 Å². The second kappa shape index (κ2) is 8.75. The quantitative estimate of drug-likeness (QED) is 0.400. The van der Waals surface area contributed by atoms with Crippen molar-refractivity contribution in [2.75, 3.05) is 19.6 Å². The van der Waals surface area contributed by atoms with Gasteiger partial charge in [-0.15, -0.1) is 0 Å². The highest BCUT2D eigenvalue weighted by Gasteiger charge is 2.12. The molecule has 3 N–H and O–H groups in total. The van der Waals surface area contributed by atoms with Gasteiger partial charge in [0.2, 0.25) is 10.0 Å². The lowest BCUT2D eigenvalue weighted by Crippen LogP contribution is -2.41. The molecule has 0 saturated carbocycles. The number of hydrogen-bond acceptors (Lipinski definition) is 3. The molecule has 0 spiro atoms. The first-order valence-corrected chi connectivity index (χ1v) is 8.94. The van der Waals surface area contributed by atoms with E-state index < -0.39 is 10.0 Å².